The Labute approximate surface area is 203 Å². The molecule has 0 aliphatic carbocycles. The molecule has 0 spiro atoms. The number of hydrogen-bond acceptors (Lipinski definition) is 7. The zero-order chi connectivity index (χ0) is 24.8. The Morgan fingerprint density at radius 3 is 2.65 bits per heavy atom. The van der Waals surface area contributed by atoms with Gasteiger partial charge in [0.25, 0.3) is 11.5 Å². The normalized spacial score (nSPS) is 11.5. The Morgan fingerprint density at radius 1 is 1.26 bits per heavy atom. The molecule has 0 saturated carbocycles. The Hall–Kier alpha value is -3.52. The topological polar surface area (TPSA) is 110 Å². The number of nitrogens with zero attached hydrogens (tertiary/aromatic N) is 2. The van der Waals surface area contributed by atoms with Gasteiger partial charge in [0.05, 0.1) is 24.9 Å². The fourth-order valence-corrected chi connectivity index (χ4v) is 4.15. The summed E-state index contributed by atoms with van der Waals surface area (Å²) in [6.07, 6.45) is 1.36. The standard InChI is InChI=1S/C23H19ClFN3O5S/c1-32-7-5-18(22(30)27-23(31)21-17(25)6-8-34-21)28-12-19(33-2)16(10-20(28)29)15-9-14(24)4-3-13(15)11-26/h3-4,6,8-10,12,18H,5,7H2,1-2H3,(H,27,30,31). The third-order valence-corrected chi connectivity index (χ3v) is 6.07. The van der Waals surface area contributed by atoms with Gasteiger partial charge < -0.3 is 9.47 Å². The first-order valence-electron chi connectivity index (χ1n) is 9.88. The molecule has 8 nitrogen and oxygen atoms in total. The number of ether oxygens (including phenoxy) is 2. The van der Waals surface area contributed by atoms with Crippen LogP contribution in [-0.2, 0) is 9.53 Å². The average molecular weight is 504 g/mol. The predicted octanol–water partition coefficient (Wildman–Crippen LogP) is 3.78. The number of imide groups is 1. The van der Waals surface area contributed by atoms with Gasteiger partial charge >= 0.3 is 0 Å². The number of methoxy groups -OCH3 is 2. The number of nitriles is 1. The van der Waals surface area contributed by atoms with Gasteiger partial charge in [0.1, 0.15) is 22.5 Å². The Kier molecular flexibility index (Phi) is 8.17. The van der Waals surface area contributed by atoms with Gasteiger partial charge in [0, 0.05) is 42.4 Å². The molecule has 1 unspecified atom stereocenters. The molecule has 34 heavy (non-hydrogen) atoms. The SMILES string of the molecule is COCCC(C(=O)NC(=O)c1sccc1F)n1cc(OC)c(-c2cc(Cl)ccc2C#N)cc1=O. The zero-order valence-corrected chi connectivity index (χ0v) is 19.7. The molecular weight excluding hydrogens is 485 g/mol. The molecule has 0 saturated heterocycles. The minimum absolute atomic E-state index is 0.0472. The molecule has 2 amide bonds. The second-order valence-corrected chi connectivity index (χ2v) is 8.37. The van der Waals surface area contributed by atoms with Gasteiger partial charge in [0.2, 0.25) is 5.91 Å². The quantitative estimate of drug-likeness (QED) is 0.501. The Balaban J connectivity index is 2.04. The molecule has 11 heteroatoms. The highest BCUT2D eigenvalue weighted by molar-refractivity contribution is 7.12. The van der Waals surface area contributed by atoms with Crippen LogP contribution >= 0.6 is 22.9 Å². The van der Waals surface area contributed by atoms with Crippen LogP contribution in [0.25, 0.3) is 11.1 Å². The van der Waals surface area contributed by atoms with Crippen LogP contribution in [0.1, 0.15) is 27.7 Å². The first kappa shape index (κ1) is 25.1. The highest BCUT2D eigenvalue weighted by atomic mass is 35.5. The van der Waals surface area contributed by atoms with E-state index in [0.29, 0.717) is 16.1 Å². The number of benzene rings is 1. The molecule has 3 aromatic rings. The Bertz CT molecular complexity index is 1330. The van der Waals surface area contributed by atoms with Crippen LogP contribution in [-0.4, -0.2) is 37.2 Å². The van der Waals surface area contributed by atoms with Crippen LogP contribution in [0.4, 0.5) is 4.39 Å². The van der Waals surface area contributed by atoms with E-state index < -0.39 is 29.2 Å². The summed E-state index contributed by atoms with van der Waals surface area (Å²) in [4.78, 5) is 38.1. The molecule has 2 aromatic heterocycles. The number of aromatic nitrogens is 1. The summed E-state index contributed by atoms with van der Waals surface area (Å²) < 4.78 is 25.3. The molecular formula is C23H19ClFN3O5S. The van der Waals surface area contributed by atoms with Crippen molar-refractivity contribution in [1.82, 2.24) is 9.88 Å². The minimum Gasteiger partial charge on any atom is -0.495 e. The lowest BCUT2D eigenvalue weighted by molar-refractivity contribution is -0.124. The number of hydrogen-bond donors (Lipinski definition) is 1. The number of halogens is 2. The lowest BCUT2D eigenvalue weighted by Crippen LogP contribution is -2.40. The summed E-state index contributed by atoms with van der Waals surface area (Å²) in [6, 6.07) is 7.83. The van der Waals surface area contributed by atoms with Gasteiger partial charge in [-0.25, -0.2) is 4.39 Å². The molecule has 0 bridgehead atoms. The summed E-state index contributed by atoms with van der Waals surface area (Å²) >= 11 is 6.93. The van der Waals surface area contributed by atoms with Gasteiger partial charge in [-0.2, -0.15) is 5.26 Å². The minimum atomic E-state index is -1.16. The molecule has 0 aliphatic heterocycles. The number of amides is 2. The monoisotopic (exact) mass is 503 g/mol. The number of carbonyl (C=O) groups is 2. The maximum Gasteiger partial charge on any atom is 0.270 e. The van der Waals surface area contributed by atoms with E-state index >= 15 is 0 Å². The molecule has 0 aliphatic rings. The van der Waals surface area contributed by atoms with Crippen molar-refractivity contribution >= 4 is 34.8 Å². The van der Waals surface area contributed by atoms with Crippen molar-refractivity contribution in [1.29, 1.82) is 5.26 Å². The number of pyridine rings is 1. The summed E-state index contributed by atoms with van der Waals surface area (Å²) in [5, 5.41) is 13.3. The largest absolute Gasteiger partial charge is 0.495 e. The lowest BCUT2D eigenvalue weighted by Gasteiger charge is -2.21. The lowest BCUT2D eigenvalue weighted by atomic mass is 10.00. The highest BCUT2D eigenvalue weighted by Crippen LogP contribution is 2.33. The number of carbonyl (C=O) groups excluding carboxylic acids is 2. The molecule has 0 radical (unpaired) electrons. The van der Waals surface area contributed by atoms with Gasteiger partial charge in [-0.05, 0) is 29.6 Å². The second kappa shape index (κ2) is 11.1. The number of thiophene rings is 1. The van der Waals surface area contributed by atoms with Gasteiger partial charge in [-0.3, -0.25) is 24.3 Å². The molecule has 176 valence electrons. The van der Waals surface area contributed by atoms with E-state index in [2.05, 4.69) is 5.32 Å². The van der Waals surface area contributed by atoms with Crippen LogP contribution < -0.4 is 15.6 Å². The fraction of sp³-hybridized carbons (Fsp3) is 0.217. The molecule has 0 fully saturated rings. The number of rotatable bonds is 8. The predicted molar refractivity (Wildman–Crippen MR) is 125 cm³/mol. The van der Waals surface area contributed by atoms with E-state index in [1.807, 2.05) is 6.07 Å². The molecule has 2 heterocycles. The van der Waals surface area contributed by atoms with Crippen molar-refractivity contribution in [3.05, 3.63) is 73.5 Å². The van der Waals surface area contributed by atoms with E-state index in [0.717, 1.165) is 22.0 Å². The molecule has 1 N–H and O–H groups in total. The van der Waals surface area contributed by atoms with Crippen molar-refractivity contribution in [2.75, 3.05) is 20.8 Å². The van der Waals surface area contributed by atoms with Crippen molar-refractivity contribution in [2.24, 2.45) is 0 Å². The van der Waals surface area contributed by atoms with E-state index in [-0.39, 0.29) is 29.2 Å². The van der Waals surface area contributed by atoms with Crippen LogP contribution in [0, 0.1) is 17.1 Å². The molecule has 1 atom stereocenters. The van der Waals surface area contributed by atoms with Crippen LogP contribution in [0.5, 0.6) is 5.75 Å². The first-order chi connectivity index (χ1) is 16.3. The zero-order valence-electron chi connectivity index (χ0n) is 18.1. The van der Waals surface area contributed by atoms with Gasteiger partial charge in [0.15, 0.2) is 0 Å². The van der Waals surface area contributed by atoms with Crippen LogP contribution in [0.15, 0.2) is 46.7 Å². The smallest absolute Gasteiger partial charge is 0.270 e. The molecule has 1 aromatic carbocycles. The van der Waals surface area contributed by atoms with E-state index in [1.165, 1.54) is 44.0 Å². The summed E-state index contributed by atoms with van der Waals surface area (Å²) in [7, 11) is 2.80. The van der Waals surface area contributed by atoms with E-state index in [9.17, 15) is 24.0 Å². The molecule has 3 rings (SSSR count). The van der Waals surface area contributed by atoms with Gasteiger partial charge in [-0.15, -0.1) is 11.3 Å². The highest BCUT2D eigenvalue weighted by Gasteiger charge is 2.26. The maximum absolute atomic E-state index is 13.8. The second-order valence-electron chi connectivity index (χ2n) is 7.02. The average Bonchev–Trinajstić information content (AvgIpc) is 3.25. The van der Waals surface area contributed by atoms with Gasteiger partial charge in [-0.1, -0.05) is 11.6 Å². The summed E-state index contributed by atoms with van der Waals surface area (Å²) in [6.45, 7) is 0.100. The third-order valence-electron chi connectivity index (χ3n) is 4.95. The summed E-state index contributed by atoms with van der Waals surface area (Å²) in [5.74, 6) is -2.27. The number of nitrogens with one attached hydrogen (secondary N) is 1. The first-order valence-corrected chi connectivity index (χ1v) is 11.1. The maximum atomic E-state index is 13.8. The van der Waals surface area contributed by atoms with Crippen molar-refractivity contribution in [2.45, 2.75) is 12.5 Å². The van der Waals surface area contributed by atoms with Crippen molar-refractivity contribution in [3.63, 3.8) is 0 Å². The van der Waals surface area contributed by atoms with Crippen LogP contribution in [0.2, 0.25) is 5.02 Å². The Morgan fingerprint density at radius 2 is 2.03 bits per heavy atom. The fourth-order valence-electron chi connectivity index (χ4n) is 3.32. The van der Waals surface area contributed by atoms with Crippen molar-refractivity contribution < 1.29 is 23.5 Å². The van der Waals surface area contributed by atoms with E-state index in [4.69, 9.17) is 21.1 Å². The summed E-state index contributed by atoms with van der Waals surface area (Å²) in [5.41, 5.74) is 0.380. The van der Waals surface area contributed by atoms with Crippen LogP contribution in [0.3, 0.4) is 0 Å². The van der Waals surface area contributed by atoms with Crippen molar-refractivity contribution in [3.8, 4) is 22.9 Å². The third kappa shape index (κ3) is 5.34. The van der Waals surface area contributed by atoms with E-state index in [1.54, 1.807) is 6.07 Å².